The van der Waals surface area contributed by atoms with Gasteiger partial charge in [-0.1, -0.05) is 11.6 Å². The molecule has 0 spiro atoms. The molecule has 4 nitrogen and oxygen atoms in total. The van der Waals surface area contributed by atoms with E-state index in [0.717, 1.165) is 11.3 Å². The van der Waals surface area contributed by atoms with Crippen LogP contribution in [0.1, 0.15) is 26.3 Å². The first kappa shape index (κ1) is 12.8. The lowest BCUT2D eigenvalue weighted by Gasteiger charge is -2.19. The predicted octanol–water partition coefficient (Wildman–Crippen LogP) is 3.62. The number of halogens is 1. The molecule has 1 aromatic rings. The van der Waals surface area contributed by atoms with E-state index < -0.39 is 11.7 Å². The molecule has 1 aromatic heterocycles. The summed E-state index contributed by atoms with van der Waals surface area (Å²) in [7, 11) is 0. The molecular weight excluding hydrogens is 248 g/mol. The van der Waals surface area contributed by atoms with Gasteiger partial charge in [0.1, 0.15) is 16.7 Å². The number of amides is 1. The number of ether oxygens (including phenoxy) is 1. The van der Waals surface area contributed by atoms with Crippen LogP contribution < -0.4 is 5.32 Å². The van der Waals surface area contributed by atoms with E-state index in [0.29, 0.717) is 14.9 Å². The van der Waals surface area contributed by atoms with Crippen LogP contribution in [0.5, 0.6) is 0 Å². The topological polar surface area (TPSA) is 62.1 Å². The maximum Gasteiger partial charge on any atom is 0.412 e. The molecule has 0 radical (unpaired) electrons. The van der Waals surface area contributed by atoms with Gasteiger partial charge in [-0.3, -0.25) is 5.32 Å². The van der Waals surface area contributed by atoms with E-state index >= 15 is 0 Å². The van der Waals surface area contributed by atoms with Crippen LogP contribution in [-0.4, -0.2) is 11.7 Å². The summed E-state index contributed by atoms with van der Waals surface area (Å²) in [6.07, 6.45) is -0.595. The Morgan fingerprint density at radius 2 is 2.25 bits per heavy atom. The Labute approximate surface area is 103 Å². The number of hydrogen-bond acceptors (Lipinski definition) is 4. The van der Waals surface area contributed by atoms with Gasteiger partial charge >= 0.3 is 6.09 Å². The van der Waals surface area contributed by atoms with Gasteiger partial charge in [0, 0.05) is 0 Å². The van der Waals surface area contributed by atoms with Gasteiger partial charge in [0.2, 0.25) is 0 Å². The first-order valence-corrected chi connectivity index (χ1v) is 5.71. The first-order valence-electron chi connectivity index (χ1n) is 4.51. The highest BCUT2D eigenvalue weighted by Crippen LogP contribution is 2.31. The van der Waals surface area contributed by atoms with E-state index in [-0.39, 0.29) is 0 Å². The van der Waals surface area contributed by atoms with Crippen molar-refractivity contribution in [1.82, 2.24) is 0 Å². The Bertz CT molecular complexity index is 443. The Kier molecular flexibility index (Phi) is 3.79. The summed E-state index contributed by atoms with van der Waals surface area (Å²) in [5.74, 6) is 0. The van der Waals surface area contributed by atoms with Crippen molar-refractivity contribution in [3.8, 4) is 6.07 Å². The third-order valence-electron chi connectivity index (χ3n) is 1.44. The number of carbonyl (C=O) groups is 1. The average Bonchev–Trinajstić information content (AvgIpc) is 2.42. The van der Waals surface area contributed by atoms with Crippen LogP contribution in [0.4, 0.5) is 9.80 Å². The molecule has 86 valence electrons. The molecule has 0 aliphatic heterocycles. The monoisotopic (exact) mass is 258 g/mol. The SMILES string of the molecule is CC(C)(C)OC(=O)Nc1sc(Cl)cc1C#N. The number of carbonyl (C=O) groups excluding carboxylic acids is 1. The summed E-state index contributed by atoms with van der Waals surface area (Å²) >= 11 is 6.86. The number of nitriles is 1. The second-order valence-electron chi connectivity index (χ2n) is 4.03. The fourth-order valence-corrected chi connectivity index (χ4v) is 1.99. The fraction of sp³-hybridized carbons (Fsp3) is 0.400. The van der Waals surface area contributed by atoms with Gasteiger partial charge in [-0.25, -0.2) is 4.79 Å². The Hall–Kier alpha value is -1.25. The molecule has 0 bridgehead atoms. The number of anilines is 1. The van der Waals surface area contributed by atoms with Gasteiger partial charge in [-0.2, -0.15) is 5.26 Å². The summed E-state index contributed by atoms with van der Waals surface area (Å²) in [5, 5.41) is 11.7. The number of hydrogen-bond donors (Lipinski definition) is 1. The second kappa shape index (κ2) is 4.73. The molecule has 1 N–H and O–H groups in total. The molecule has 1 heterocycles. The molecule has 1 rings (SSSR count). The molecule has 0 unspecified atom stereocenters. The van der Waals surface area contributed by atoms with Crippen LogP contribution >= 0.6 is 22.9 Å². The van der Waals surface area contributed by atoms with Crippen molar-refractivity contribution in [2.45, 2.75) is 26.4 Å². The molecule has 0 aliphatic rings. The summed E-state index contributed by atoms with van der Waals surface area (Å²) in [6.45, 7) is 5.29. The van der Waals surface area contributed by atoms with Gasteiger partial charge in [0.05, 0.1) is 9.90 Å². The van der Waals surface area contributed by atoms with Crippen molar-refractivity contribution in [2.24, 2.45) is 0 Å². The van der Waals surface area contributed by atoms with Crippen LogP contribution in [0.3, 0.4) is 0 Å². The van der Waals surface area contributed by atoms with E-state index in [1.165, 1.54) is 6.07 Å². The third kappa shape index (κ3) is 3.72. The number of nitrogens with zero attached hydrogens (tertiary/aromatic N) is 1. The highest BCUT2D eigenvalue weighted by Gasteiger charge is 2.18. The summed E-state index contributed by atoms with van der Waals surface area (Å²) < 4.78 is 5.50. The quantitative estimate of drug-likeness (QED) is 0.837. The number of nitrogens with one attached hydrogen (secondary N) is 1. The summed E-state index contributed by atoms with van der Waals surface area (Å²) in [6, 6.07) is 3.44. The number of rotatable bonds is 1. The van der Waals surface area contributed by atoms with Crippen molar-refractivity contribution >= 4 is 34.0 Å². The van der Waals surface area contributed by atoms with Gasteiger partial charge < -0.3 is 4.74 Å². The van der Waals surface area contributed by atoms with Gasteiger partial charge in [0.25, 0.3) is 0 Å². The molecule has 0 atom stereocenters. The van der Waals surface area contributed by atoms with E-state index in [1.807, 2.05) is 6.07 Å². The van der Waals surface area contributed by atoms with E-state index in [2.05, 4.69) is 5.32 Å². The molecule has 16 heavy (non-hydrogen) atoms. The minimum atomic E-state index is -0.595. The largest absolute Gasteiger partial charge is 0.444 e. The Morgan fingerprint density at radius 1 is 1.62 bits per heavy atom. The normalized spacial score (nSPS) is 10.7. The van der Waals surface area contributed by atoms with Crippen molar-refractivity contribution < 1.29 is 9.53 Å². The molecule has 0 aliphatic carbocycles. The second-order valence-corrected chi connectivity index (χ2v) is 5.72. The molecule has 0 saturated heterocycles. The molecule has 0 saturated carbocycles. The van der Waals surface area contributed by atoms with Gasteiger partial charge in [-0.15, -0.1) is 11.3 Å². The van der Waals surface area contributed by atoms with Crippen molar-refractivity contribution in [3.05, 3.63) is 16.0 Å². The maximum absolute atomic E-state index is 11.4. The van der Waals surface area contributed by atoms with Crippen LogP contribution in [0.2, 0.25) is 4.34 Å². The molecule has 6 heteroatoms. The lowest BCUT2D eigenvalue weighted by atomic mass is 10.2. The lowest BCUT2D eigenvalue weighted by molar-refractivity contribution is 0.0636. The van der Waals surface area contributed by atoms with Crippen LogP contribution in [-0.2, 0) is 4.74 Å². The maximum atomic E-state index is 11.4. The van der Waals surface area contributed by atoms with Gasteiger partial charge in [-0.05, 0) is 26.8 Å². The first-order chi connectivity index (χ1) is 7.31. The molecular formula is C10H11ClN2O2S. The highest BCUT2D eigenvalue weighted by atomic mass is 35.5. The lowest BCUT2D eigenvalue weighted by Crippen LogP contribution is -2.27. The Balaban J connectivity index is 2.74. The van der Waals surface area contributed by atoms with Crippen molar-refractivity contribution in [2.75, 3.05) is 5.32 Å². The van der Waals surface area contributed by atoms with Crippen molar-refractivity contribution in [1.29, 1.82) is 5.26 Å². The van der Waals surface area contributed by atoms with Gasteiger partial charge in [0.15, 0.2) is 0 Å². The van der Waals surface area contributed by atoms with E-state index in [1.54, 1.807) is 20.8 Å². The molecule has 0 fully saturated rings. The van der Waals surface area contributed by atoms with Crippen molar-refractivity contribution in [3.63, 3.8) is 0 Å². The fourth-order valence-electron chi connectivity index (χ4n) is 0.933. The average molecular weight is 259 g/mol. The Morgan fingerprint density at radius 3 is 2.75 bits per heavy atom. The smallest absolute Gasteiger partial charge is 0.412 e. The van der Waals surface area contributed by atoms with Crippen LogP contribution in [0.15, 0.2) is 6.07 Å². The minimum Gasteiger partial charge on any atom is -0.444 e. The van der Waals surface area contributed by atoms with E-state index in [9.17, 15) is 4.79 Å². The van der Waals surface area contributed by atoms with E-state index in [4.69, 9.17) is 21.6 Å². The highest BCUT2D eigenvalue weighted by molar-refractivity contribution is 7.20. The predicted molar refractivity (Wildman–Crippen MR) is 63.9 cm³/mol. The summed E-state index contributed by atoms with van der Waals surface area (Å²) in [5.41, 5.74) is -0.237. The van der Waals surface area contributed by atoms with Crippen LogP contribution in [0, 0.1) is 11.3 Å². The number of thiophene rings is 1. The minimum absolute atomic E-state index is 0.334. The zero-order chi connectivity index (χ0) is 12.3. The molecule has 1 amide bonds. The standard InChI is InChI=1S/C10H11ClN2O2S/c1-10(2,3)15-9(14)13-8-6(5-12)4-7(11)16-8/h4H,1-3H3,(H,13,14). The van der Waals surface area contributed by atoms with Crippen LogP contribution in [0.25, 0.3) is 0 Å². The zero-order valence-electron chi connectivity index (χ0n) is 9.13. The zero-order valence-corrected chi connectivity index (χ0v) is 10.7. The molecule has 0 aromatic carbocycles. The summed E-state index contributed by atoms with van der Waals surface area (Å²) in [4.78, 5) is 11.4. The third-order valence-corrected chi connectivity index (χ3v) is 2.62.